The molecule has 0 aliphatic carbocycles. The quantitative estimate of drug-likeness (QED) is 0.907. The summed E-state index contributed by atoms with van der Waals surface area (Å²) in [5, 5.41) is 4.75. The molecule has 2 N–H and O–H groups in total. The van der Waals surface area contributed by atoms with Crippen molar-refractivity contribution in [1.82, 2.24) is 14.7 Å². The van der Waals surface area contributed by atoms with Crippen molar-refractivity contribution in [3.8, 4) is 0 Å². The molecule has 1 aromatic carbocycles. The molecular weight excluding hydrogens is 340 g/mol. The van der Waals surface area contributed by atoms with Crippen LogP contribution in [0, 0.1) is 12.8 Å². The van der Waals surface area contributed by atoms with Crippen LogP contribution in [0.15, 0.2) is 30.3 Å². The molecule has 0 unspecified atom stereocenters. The van der Waals surface area contributed by atoms with Crippen LogP contribution in [0.25, 0.3) is 0 Å². The number of piperidine rings is 1. The molecule has 2 aromatic rings. The molecule has 2 heterocycles. The molecule has 1 aliphatic rings. The van der Waals surface area contributed by atoms with E-state index in [2.05, 4.69) is 5.10 Å². The molecule has 2 amide bonds. The van der Waals surface area contributed by atoms with E-state index in [0.717, 1.165) is 18.4 Å². The summed E-state index contributed by atoms with van der Waals surface area (Å²) >= 11 is 6.45. The van der Waals surface area contributed by atoms with Gasteiger partial charge in [0.1, 0.15) is 5.15 Å². The van der Waals surface area contributed by atoms with Gasteiger partial charge in [-0.25, -0.2) is 4.68 Å². The Kier molecular flexibility index (Phi) is 5.08. The fourth-order valence-electron chi connectivity index (χ4n) is 3.21. The van der Waals surface area contributed by atoms with E-state index < -0.39 is 0 Å². The summed E-state index contributed by atoms with van der Waals surface area (Å²) in [4.78, 5) is 26.0. The standard InChI is InChI=1S/C18H21ClN4O2/c1-12-15(18(25)22-9-5-8-14(11-22)17(20)24)16(19)23(21-12)10-13-6-3-2-4-7-13/h2-4,6-7,14H,5,8-11H2,1H3,(H2,20,24)/t14-/m0/s1. The second-order valence-electron chi connectivity index (χ2n) is 6.39. The van der Waals surface area contributed by atoms with E-state index >= 15 is 0 Å². The Labute approximate surface area is 151 Å². The molecular formula is C18H21ClN4O2. The predicted octanol–water partition coefficient (Wildman–Crippen LogP) is 2.23. The van der Waals surface area contributed by atoms with Crippen molar-refractivity contribution in [2.75, 3.05) is 13.1 Å². The van der Waals surface area contributed by atoms with Gasteiger partial charge in [0.05, 0.1) is 23.7 Å². The van der Waals surface area contributed by atoms with E-state index in [9.17, 15) is 9.59 Å². The number of hydrogen-bond acceptors (Lipinski definition) is 3. The molecule has 0 spiro atoms. The topological polar surface area (TPSA) is 81.2 Å². The van der Waals surface area contributed by atoms with E-state index in [1.165, 1.54) is 0 Å². The first-order valence-electron chi connectivity index (χ1n) is 8.32. The molecule has 7 heteroatoms. The molecule has 25 heavy (non-hydrogen) atoms. The highest BCUT2D eigenvalue weighted by atomic mass is 35.5. The third kappa shape index (κ3) is 3.69. The van der Waals surface area contributed by atoms with Gasteiger partial charge in [-0.15, -0.1) is 0 Å². The molecule has 1 saturated heterocycles. The smallest absolute Gasteiger partial charge is 0.258 e. The minimum atomic E-state index is -0.361. The van der Waals surface area contributed by atoms with Crippen molar-refractivity contribution >= 4 is 23.4 Å². The van der Waals surface area contributed by atoms with Crippen molar-refractivity contribution in [3.05, 3.63) is 52.3 Å². The maximum atomic E-state index is 12.9. The lowest BCUT2D eigenvalue weighted by molar-refractivity contribution is -0.123. The van der Waals surface area contributed by atoms with Gasteiger partial charge in [0.25, 0.3) is 5.91 Å². The first-order valence-corrected chi connectivity index (χ1v) is 8.70. The highest BCUT2D eigenvalue weighted by Gasteiger charge is 2.31. The van der Waals surface area contributed by atoms with Crippen molar-refractivity contribution in [3.63, 3.8) is 0 Å². The van der Waals surface area contributed by atoms with E-state index in [1.807, 2.05) is 30.3 Å². The van der Waals surface area contributed by atoms with Crippen LogP contribution in [-0.2, 0) is 11.3 Å². The normalized spacial score (nSPS) is 17.5. The lowest BCUT2D eigenvalue weighted by Crippen LogP contribution is -2.44. The van der Waals surface area contributed by atoms with Crippen LogP contribution in [0.3, 0.4) is 0 Å². The Morgan fingerprint density at radius 2 is 2.04 bits per heavy atom. The van der Waals surface area contributed by atoms with Crippen molar-refractivity contribution in [1.29, 1.82) is 0 Å². The van der Waals surface area contributed by atoms with Crippen LogP contribution < -0.4 is 5.73 Å². The lowest BCUT2D eigenvalue weighted by atomic mass is 9.97. The third-order valence-corrected chi connectivity index (χ3v) is 4.95. The monoisotopic (exact) mass is 360 g/mol. The van der Waals surface area contributed by atoms with Crippen LogP contribution in [0.4, 0.5) is 0 Å². The van der Waals surface area contributed by atoms with Crippen LogP contribution in [0.1, 0.15) is 34.5 Å². The second kappa shape index (κ2) is 7.27. The molecule has 1 aliphatic heterocycles. The van der Waals surface area contributed by atoms with Crippen molar-refractivity contribution in [2.45, 2.75) is 26.3 Å². The predicted molar refractivity (Wildman–Crippen MR) is 95.3 cm³/mol. The molecule has 0 bridgehead atoms. The van der Waals surface area contributed by atoms with Gasteiger partial charge in [0, 0.05) is 13.1 Å². The van der Waals surface area contributed by atoms with Gasteiger partial charge in [0.2, 0.25) is 5.91 Å². The fourth-order valence-corrected chi connectivity index (χ4v) is 3.52. The van der Waals surface area contributed by atoms with E-state index in [1.54, 1.807) is 16.5 Å². The van der Waals surface area contributed by atoms with E-state index in [4.69, 9.17) is 17.3 Å². The van der Waals surface area contributed by atoms with Gasteiger partial charge in [-0.1, -0.05) is 41.9 Å². The number of nitrogens with zero attached hydrogens (tertiary/aromatic N) is 3. The SMILES string of the molecule is Cc1nn(Cc2ccccc2)c(Cl)c1C(=O)N1CCC[C@H](C(N)=O)C1. The van der Waals surface area contributed by atoms with Gasteiger partial charge >= 0.3 is 0 Å². The summed E-state index contributed by atoms with van der Waals surface area (Å²) in [7, 11) is 0. The van der Waals surface area contributed by atoms with Crippen LogP contribution in [0.5, 0.6) is 0 Å². The number of carbonyl (C=O) groups is 2. The average Bonchev–Trinajstić information content (AvgIpc) is 2.89. The minimum absolute atomic E-state index is 0.187. The second-order valence-corrected chi connectivity index (χ2v) is 6.75. The Hall–Kier alpha value is -2.34. The van der Waals surface area contributed by atoms with Gasteiger partial charge in [0.15, 0.2) is 0 Å². The maximum Gasteiger partial charge on any atom is 0.258 e. The molecule has 1 atom stereocenters. The highest BCUT2D eigenvalue weighted by Crippen LogP contribution is 2.25. The fraction of sp³-hybridized carbons (Fsp3) is 0.389. The van der Waals surface area contributed by atoms with E-state index in [-0.39, 0.29) is 17.7 Å². The number of aryl methyl sites for hydroxylation is 1. The van der Waals surface area contributed by atoms with Gasteiger partial charge in [-0.2, -0.15) is 5.10 Å². The number of primary amides is 1. The number of rotatable bonds is 4. The number of benzene rings is 1. The van der Waals surface area contributed by atoms with Crippen molar-refractivity contribution < 1.29 is 9.59 Å². The number of hydrogen-bond donors (Lipinski definition) is 1. The summed E-state index contributed by atoms with van der Waals surface area (Å²) < 4.78 is 1.63. The largest absolute Gasteiger partial charge is 0.369 e. The molecule has 0 radical (unpaired) electrons. The number of amides is 2. The van der Waals surface area contributed by atoms with Gasteiger partial charge in [-0.05, 0) is 25.3 Å². The van der Waals surface area contributed by atoms with Gasteiger partial charge < -0.3 is 10.6 Å². The molecule has 132 valence electrons. The zero-order valence-electron chi connectivity index (χ0n) is 14.1. The average molecular weight is 361 g/mol. The number of halogens is 1. The van der Waals surface area contributed by atoms with Crippen LogP contribution in [-0.4, -0.2) is 39.6 Å². The molecule has 1 fully saturated rings. The Balaban J connectivity index is 1.82. The number of likely N-dealkylation sites (tertiary alicyclic amines) is 1. The Bertz CT molecular complexity index is 788. The number of nitrogens with two attached hydrogens (primary N) is 1. The highest BCUT2D eigenvalue weighted by molar-refractivity contribution is 6.33. The minimum Gasteiger partial charge on any atom is -0.369 e. The van der Waals surface area contributed by atoms with E-state index in [0.29, 0.717) is 36.0 Å². The van der Waals surface area contributed by atoms with Crippen LogP contribution >= 0.6 is 11.6 Å². The molecule has 3 rings (SSSR count). The summed E-state index contributed by atoms with van der Waals surface area (Å²) in [5.74, 6) is -0.844. The number of carbonyl (C=O) groups excluding carboxylic acids is 2. The summed E-state index contributed by atoms with van der Waals surface area (Å²) in [6.45, 7) is 3.21. The first-order chi connectivity index (χ1) is 12.0. The molecule has 6 nitrogen and oxygen atoms in total. The number of aromatic nitrogens is 2. The Morgan fingerprint density at radius 1 is 1.32 bits per heavy atom. The summed E-state index contributed by atoms with van der Waals surface area (Å²) in [5.41, 5.74) is 7.45. The van der Waals surface area contributed by atoms with Crippen LogP contribution in [0.2, 0.25) is 5.15 Å². The maximum absolute atomic E-state index is 12.9. The molecule has 0 saturated carbocycles. The summed E-state index contributed by atoms with van der Waals surface area (Å²) in [6, 6.07) is 9.81. The Morgan fingerprint density at radius 3 is 2.72 bits per heavy atom. The first kappa shape index (κ1) is 17.5. The lowest BCUT2D eigenvalue weighted by Gasteiger charge is -2.31. The molecule has 1 aromatic heterocycles. The zero-order valence-corrected chi connectivity index (χ0v) is 14.9. The third-order valence-electron chi connectivity index (χ3n) is 4.57. The van der Waals surface area contributed by atoms with Crippen molar-refractivity contribution in [2.24, 2.45) is 11.7 Å². The van der Waals surface area contributed by atoms with Gasteiger partial charge in [-0.3, -0.25) is 9.59 Å². The zero-order chi connectivity index (χ0) is 18.0. The summed E-state index contributed by atoms with van der Waals surface area (Å²) in [6.07, 6.45) is 1.48.